The zero-order chi connectivity index (χ0) is 19.4. The monoisotopic (exact) mass is 449 g/mol. The molecule has 3 rings (SSSR count). The first-order valence-corrected chi connectivity index (χ1v) is 9.44. The van der Waals surface area contributed by atoms with Crippen LogP contribution in [-0.2, 0) is 4.79 Å². The minimum absolute atomic E-state index is 0.0542. The fraction of sp³-hybridized carbons (Fsp3) is 0.111. The van der Waals surface area contributed by atoms with Gasteiger partial charge in [-0.15, -0.1) is 0 Å². The van der Waals surface area contributed by atoms with Crippen molar-refractivity contribution in [3.8, 4) is 0 Å². The van der Waals surface area contributed by atoms with Gasteiger partial charge in [-0.25, -0.2) is 4.39 Å². The number of hydrogen-bond acceptors (Lipinski definition) is 5. The van der Waals surface area contributed by atoms with Gasteiger partial charge in [0.2, 0.25) is 0 Å². The maximum absolute atomic E-state index is 13.0. The maximum atomic E-state index is 13.0. The molecule has 1 aliphatic rings. The Morgan fingerprint density at radius 1 is 1.26 bits per heavy atom. The first-order valence-electron chi connectivity index (χ1n) is 7.84. The summed E-state index contributed by atoms with van der Waals surface area (Å²) in [7, 11) is 0. The molecule has 0 radical (unpaired) electrons. The molecule has 1 aromatic carbocycles. The van der Waals surface area contributed by atoms with Gasteiger partial charge in [0.15, 0.2) is 0 Å². The summed E-state index contributed by atoms with van der Waals surface area (Å²) in [4.78, 5) is 41.8. The van der Waals surface area contributed by atoms with E-state index in [1.165, 1.54) is 36.5 Å². The average Bonchev–Trinajstić information content (AvgIpc) is 2.91. The molecule has 1 aromatic heterocycles. The van der Waals surface area contributed by atoms with E-state index in [2.05, 4.69) is 26.2 Å². The zero-order valence-electron chi connectivity index (χ0n) is 13.8. The number of pyridine rings is 1. The van der Waals surface area contributed by atoms with Crippen LogP contribution in [0.25, 0.3) is 6.08 Å². The Balaban J connectivity index is 1.59. The quantitative estimate of drug-likeness (QED) is 0.707. The molecule has 0 unspecified atom stereocenters. The summed E-state index contributed by atoms with van der Waals surface area (Å²) in [5, 5.41) is 2.24. The van der Waals surface area contributed by atoms with Crippen LogP contribution in [0.2, 0.25) is 0 Å². The molecule has 0 saturated carbocycles. The topological polar surface area (TPSA) is 79.4 Å². The number of imide groups is 1. The van der Waals surface area contributed by atoms with E-state index in [9.17, 15) is 18.8 Å². The van der Waals surface area contributed by atoms with Crippen LogP contribution in [0.3, 0.4) is 0 Å². The van der Waals surface area contributed by atoms with E-state index in [0.29, 0.717) is 15.6 Å². The van der Waals surface area contributed by atoms with Crippen molar-refractivity contribution in [3.63, 3.8) is 0 Å². The first-order chi connectivity index (χ1) is 12.9. The Kier molecular flexibility index (Phi) is 6.02. The predicted octanol–water partition coefficient (Wildman–Crippen LogP) is 3.45. The molecular weight excluding hydrogens is 437 g/mol. The van der Waals surface area contributed by atoms with Crippen molar-refractivity contribution in [2.45, 2.75) is 0 Å². The third-order valence-electron chi connectivity index (χ3n) is 3.63. The molecule has 2 aromatic rings. The van der Waals surface area contributed by atoms with Crippen molar-refractivity contribution in [1.82, 2.24) is 15.2 Å². The molecule has 1 saturated heterocycles. The van der Waals surface area contributed by atoms with E-state index in [4.69, 9.17) is 0 Å². The fourth-order valence-electron chi connectivity index (χ4n) is 2.32. The standard InChI is InChI=1S/C18H13BrFN3O3S/c19-13-8-12(9-21-10-13)16(24)22-5-6-23-17(25)15(27-18(23)26)7-11-1-3-14(20)4-2-11/h1-4,7-10H,5-6H2,(H,22,24). The highest BCUT2D eigenvalue weighted by molar-refractivity contribution is 9.10. The lowest BCUT2D eigenvalue weighted by Crippen LogP contribution is -2.37. The highest BCUT2D eigenvalue weighted by Gasteiger charge is 2.34. The predicted molar refractivity (Wildman–Crippen MR) is 103 cm³/mol. The zero-order valence-corrected chi connectivity index (χ0v) is 16.2. The van der Waals surface area contributed by atoms with Crippen LogP contribution >= 0.6 is 27.7 Å². The molecule has 27 heavy (non-hydrogen) atoms. The summed E-state index contributed by atoms with van der Waals surface area (Å²) in [6.45, 7) is 0.172. The number of hydrogen-bond donors (Lipinski definition) is 1. The van der Waals surface area contributed by atoms with Crippen molar-refractivity contribution in [1.29, 1.82) is 0 Å². The Bertz CT molecular complexity index is 934. The lowest BCUT2D eigenvalue weighted by atomic mass is 10.2. The molecule has 0 spiro atoms. The summed E-state index contributed by atoms with van der Waals surface area (Å²) in [5.41, 5.74) is 0.993. The second-order valence-corrected chi connectivity index (χ2v) is 7.44. The molecule has 3 amide bonds. The molecule has 1 fully saturated rings. The van der Waals surface area contributed by atoms with Crippen LogP contribution in [-0.4, -0.2) is 40.0 Å². The molecule has 138 valence electrons. The number of benzene rings is 1. The van der Waals surface area contributed by atoms with Crippen molar-refractivity contribution >= 4 is 50.8 Å². The van der Waals surface area contributed by atoms with E-state index in [-0.39, 0.29) is 29.7 Å². The summed E-state index contributed by atoms with van der Waals surface area (Å²) >= 11 is 4.05. The number of nitrogens with one attached hydrogen (secondary N) is 1. The third kappa shape index (κ3) is 4.81. The van der Waals surface area contributed by atoms with Gasteiger partial charge in [-0.05, 0) is 57.5 Å². The minimum Gasteiger partial charge on any atom is -0.350 e. The van der Waals surface area contributed by atoms with Crippen molar-refractivity contribution in [3.05, 3.63) is 69.0 Å². The minimum atomic E-state index is -0.437. The van der Waals surface area contributed by atoms with E-state index in [1.807, 2.05) is 0 Å². The van der Waals surface area contributed by atoms with Gasteiger partial charge in [-0.3, -0.25) is 24.3 Å². The summed E-state index contributed by atoms with van der Waals surface area (Å²) < 4.78 is 13.6. The SMILES string of the molecule is O=C(NCCN1C(=O)SC(=Cc2ccc(F)cc2)C1=O)c1cncc(Br)c1. The number of thioether (sulfide) groups is 1. The number of amides is 3. The van der Waals surface area contributed by atoms with Crippen LogP contribution < -0.4 is 5.32 Å². The lowest BCUT2D eigenvalue weighted by molar-refractivity contribution is -0.122. The van der Waals surface area contributed by atoms with Crippen LogP contribution in [0, 0.1) is 5.82 Å². The van der Waals surface area contributed by atoms with Gasteiger partial charge >= 0.3 is 0 Å². The molecular formula is C18H13BrFN3O3S. The molecule has 0 atom stereocenters. The second kappa shape index (κ2) is 8.45. The van der Waals surface area contributed by atoms with Gasteiger partial charge in [-0.2, -0.15) is 0 Å². The Labute approximate surface area is 167 Å². The average molecular weight is 450 g/mol. The molecule has 6 nitrogen and oxygen atoms in total. The Morgan fingerprint density at radius 3 is 2.70 bits per heavy atom. The van der Waals surface area contributed by atoms with Crippen LogP contribution in [0.15, 0.2) is 52.1 Å². The number of halogens is 2. The highest BCUT2D eigenvalue weighted by Crippen LogP contribution is 2.31. The lowest BCUT2D eigenvalue weighted by Gasteiger charge is -2.13. The molecule has 0 aliphatic carbocycles. The summed E-state index contributed by atoms with van der Waals surface area (Å²) in [6, 6.07) is 7.23. The van der Waals surface area contributed by atoms with Gasteiger partial charge in [0.05, 0.1) is 10.5 Å². The number of rotatable bonds is 5. The van der Waals surface area contributed by atoms with E-state index >= 15 is 0 Å². The van der Waals surface area contributed by atoms with Crippen LogP contribution in [0.1, 0.15) is 15.9 Å². The van der Waals surface area contributed by atoms with Crippen molar-refractivity contribution < 1.29 is 18.8 Å². The number of nitrogens with zero attached hydrogens (tertiary/aromatic N) is 2. The fourth-order valence-corrected chi connectivity index (χ4v) is 3.55. The van der Waals surface area contributed by atoms with Gasteiger partial charge < -0.3 is 5.32 Å². The molecule has 2 heterocycles. The van der Waals surface area contributed by atoms with Crippen molar-refractivity contribution in [2.75, 3.05) is 13.1 Å². The second-order valence-electron chi connectivity index (χ2n) is 5.53. The normalized spacial score (nSPS) is 15.5. The Hall–Kier alpha value is -2.52. The number of carbonyl (C=O) groups excluding carboxylic acids is 3. The van der Waals surface area contributed by atoms with Gasteiger partial charge in [0.25, 0.3) is 17.1 Å². The highest BCUT2D eigenvalue weighted by atomic mass is 79.9. The van der Waals surface area contributed by atoms with Crippen LogP contribution in [0.4, 0.5) is 9.18 Å². The molecule has 0 bridgehead atoms. The van der Waals surface area contributed by atoms with Gasteiger partial charge in [-0.1, -0.05) is 12.1 Å². The summed E-state index contributed by atoms with van der Waals surface area (Å²) in [5.74, 6) is -1.16. The third-order valence-corrected chi connectivity index (χ3v) is 4.97. The molecule has 1 N–H and O–H groups in total. The van der Waals surface area contributed by atoms with Crippen LogP contribution in [0.5, 0.6) is 0 Å². The first kappa shape index (κ1) is 19.2. The Morgan fingerprint density at radius 2 is 2.00 bits per heavy atom. The maximum Gasteiger partial charge on any atom is 0.293 e. The summed E-state index contributed by atoms with van der Waals surface area (Å²) in [6.07, 6.45) is 4.52. The smallest absolute Gasteiger partial charge is 0.293 e. The van der Waals surface area contributed by atoms with Gasteiger partial charge in [0.1, 0.15) is 5.82 Å². The van der Waals surface area contributed by atoms with Crippen molar-refractivity contribution in [2.24, 2.45) is 0 Å². The van der Waals surface area contributed by atoms with E-state index < -0.39 is 11.1 Å². The number of carbonyl (C=O) groups is 3. The van der Waals surface area contributed by atoms with E-state index in [1.54, 1.807) is 12.3 Å². The molecule has 1 aliphatic heterocycles. The number of aromatic nitrogens is 1. The largest absolute Gasteiger partial charge is 0.350 e. The van der Waals surface area contributed by atoms with Gasteiger partial charge in [0, 0.05) is 30.0 Å². The van der Waals surface area contributed by atoms with E-state index in [0.717, 1.165) is 16.7 Å². The molecule has 9 heteroatoms.